The van der Waals surface area contributed by atoms with Crippen molar-refractivity contribution in [2.75, 3.05) is 18.5 Å². The van der Waals surface area contributed by atoms with Gasteiger partial charge in [0.2, 0.25) is 0 Å². The first-order chi connectivity index (χ1) is 8.90. The molecule has 1 aromatic carbocycles. The van der Waals surface area contributed by atoms with Gasteiger partial charge in [-0.3, -0.25) is 4.98 Å². The lowest BCUT2D eigenvalue weighted by Gasteiger charge is -2.29. The van der Waals surface area contributed by atoms with Crippen molar-refractivity contribution in [3.8, 4) is 0 Å². The van der Waals surface area contributed by atoms with E-state index < -0.39 is 0 Å². The van der Waals surface area contributed by atoms with Gasteiger partial charge in [-0.15, -0.1) is 11.6 Å². The average molecular weight is 277 g/mol. The standard InChI is InChI=1S/C16H21ClN2/c1-16(2,3)11-19(4)15-9-12(10-17)18-14-8-6-5-7-13(14)15/h5-9H,10-11H2,1-4H3. The molecule has 3 heteroatoms. The molecule has 0 aliphatic rings. The highest BCUT2D eigenvalue weighted by molar-refractivity contribution is 6.17. The van der Waals surface area contributed by atoms with Gasteiger partial charge in [0.1, 0.15) is 0 Å². The van der Waals surface area contributed by atoms with Gasteiger partial charge in [0, 0.05) is 24.7 Å². The number of hydrogen-bond acceptors (Lipinski definition) is 2. The molecule has 0 radical (unpaired) electrons. The van der Waals surface area contributed by atoms with Gasteiger partial charge in [0.15, 0.2) is 0 Å². The van der Waals surface area contributed by atoms with Crippen molar-refractivity contribution in [3.63, 3.8) is 0 Å². The van der Waals surface area contributed by atoms with Crippen LogP contribution in [0.3, 0.4) is 0 Å². The van der Waals surface area contributed by atoms with Crippen LogP contribution >= 0.6 is 11.6 Å². The normalized spacial score (nSPS) is 11.8. The van der Waals surface area contributed by atoms with Crippen molar-refractivity contribution >= 4 is 28.2 Å². The lowest BCUT2D eigenvalue weighted by molar-refractivity contribution is 0.419. The van der Waals surface area contributed by atoms with Crippen molar-refractivity contribution in [2.24, 2.45) is 5.41 Å². The Kier molecular flexibility index (Phi) is 4.00. The molecule has 0 aliphatic heterocycles. The third-order valence-electron chi connectivity index (χ3n) is 3.01. The van der Waals surface area contributed by atoms with E-state index in [0.717, 1.165) is 17.8 Å². The molecule has 1 heterocycles. The molecule has 0 saturated heterocycles. The van der Waals surface area contributed by atoms with Crippen LogP contribution in [-0.2, 0) is 5.88 Å². The molecule has 0 N–H and O–H groups in total. The molecule has 0 bridgehead atoms. The van der Waals surface area contributed by atoms with Crippen LogP contribution < -0.4 is 4.90 Å². The Morgan fingerprint density at radius 3 is 2.53 bits per heavy atom. The second-order valence-corrected chi connectivity index (χ2v) is 6.47. The Hall–Kier alpha value is -1.28. The summed E-state index contributed by atoms with van der Waals surface area (Å²) in [6.45, 7) is 7.72. The third-order valence-corrected chi connectivity index (χ3v) is 3.28. The van der Waals surface area contributed by atoms with E-state index in [1.807, 2.05) is 12.1 Å². The minimum atomic E-state index is 0.250. The highest BCUT2D eigenvalue weighted by Crippen LogP contribution is 2.28. The predicted molar refractivity (Wildman–Crippen MR) is 84.0 cm³/mol. The van der Waals surface area contributed by atoms with Gasteiger partial charge in [-0.05, 0) is 17.5 Å². The minimum absolute atomic E-state index is 0.250. The molecule has 102 valence electrons. The Morgan fingerprint density at radius 1 is 1.21 bits per heavy atom. The van der Waals surface area contributed by atoms with Crippen LogP contribution in [0.5, 0.6) is 0 Å². The van der Waals surface area contributed by atoms with Crippen LogP contribution in [0.25, 0.3) is 10.9 Å². The van der Waals surface area contributed by atoms with E-state index >= 15 is 0 Å². The second-order valence-electron chi connectivity index (χ2n) is 6.20. The summed E-state index contributed by atoms with van der Waals surface area (Å²) < 4.78 is 0. The molecule has 0 fully saturated rings. The van der Waals surface area contributed by atoms with Crippen molar-refractivity contribution in [2.45, 2.75) is 26.7 Å². The maximum Gasteiger partial charge on any atom is 0.0726 e. The Balaban J connectivity index is 2.51. The fraction of sp³-hybridized carbons (Fsp3) is 0.438. The summed E-state index contributed by atoms with van der Waals surface area (Å²) in [5.41, 5.74) is 3.39. The van der Waals surface area contributed by atoms with Crippen LogP contribution in [0.4, 0.5) is 5.69 Å². The number of aromatic nitrogens is 1. The molecule has 2 nitrogen and oxygen atoms in total. The molecule has 0 atom stereocenters. The molecule has 0 unspecified atom stereocenters. The molecule has 2 aromatic rings. The summed E-state index contributed by atoms with van der Waals surface area (Å²) in [5.74, 6) is 0.446. The number of hydrogen-bond donors (Lipinski definition) is 0. The first-order valence-electron chi connectivity index (χ1n) is 6.56. The molecule has 0 aliphatic carbocycles. The van der Waals surface area contributed by atoms with Crippen LogP contribution in [0.2, 0.25) is 0 Å². The number of nitrogens with zero attached hydrogens (tertiary/aromatic N) is 2. The van der Waals surface area contributed by atoms with Gasteiger partial charge in [0.25, 0.3) is 0 Å². The summed E-state index contributed by atoms with van der Waals surface area (Å²) in [5, 5.41) is 1.18. The highest BCUT2D eigenvalue weighted by Gasteiger charge is 2.16. The van der Waals surface area contributed by atoms with Crippen molar-refractivity contribution < 1.29 is 0 Å². The Bertz CT molecular complexity index is 572. The lowest BCUT2D eigenvalue weighted by Crippen LogP contribution is -2.29. The van der Waals surface area contributed by atoms with E-state index in [4.69, 9.17) is 11.6 Å². The summed E-state index contributed by atoms with van der Waals surface area (Å²) in [4.78, 5) is 6.87. The minimum Gasteiger partial charge on any atom is -0.373 e. The largest absolute Gasteiger partial charge is 0.373 e. The van der Waals surface area contributed by atoms with E-state index in [2.05, 4.69) is 55.9 Å². The van der Waals surface area contributed by atoms with E-state index in [-0.39, 0.29) is 5.41 Å². The molecule has 2 rings (SSSR count). The van der Waals surface area contributed by atoms with Crippen LogP contribution in [0.15, 0.2) is 30.3 Å². The molecule has 0 amide bonds. The Labute approximate surface area is 120 Å². The zero-order chi connectivity index (χ0) is 14.0. The maximum absolute atomic E-state index is 5.96. The van der Waals surface area contributed by atoms with Gasteiger partial charge in [0.05, 0.1) is 17.1 Å². The van der Waals surface area contributed by atoms with Crippen molar-refractivity contribution in [1.82, 2.24) is 4.98 Å². The van der Waals surface area contributed by atoms with E-state index in [1.54, 1.807) is 0 Å². The van der Waals surface area contributed by atoms with Crippen molar-refractivity contribution in [1.29, 1.82) is 0 Å². The third kappa shape index (κ3) is 3.38. The fourth-order valence-corrected chi connectivity index (χ4v) is 2.53. The quantitative estimate of drug-likeness (QED) is 0.770. The molecule has 0 saturated carbocycles. The maximum atomic E-state index is 5.96. The van der Waals surface area contributed by atoms with E-state index in [9.17, 15) is 0 Å². The number of fused-ring (bicyclic) bond motifs is 1. The van der Waals surface area contributed by atoms with Gasteiger partial charge in [-0.25, -0.2) is 0 Å². The highest BCUT2D eigenvalue weighted by atomic mass is 35.5. The van der Waals surface area contributed by atoms with Crippen LogP contribution in [-0.4, -0.2) is 18.6 Å². The first kappa shape index (κ1) is 14.1. The van der Waals surface area contributed by atoms with Gasteiger partial charge >= 0.3 is 0 Å². The smallest absolute Gasteiger partial charge is 0.0726 e. The Morgan fingerprint density at radius 2 is 1.89 bits per heavy atom. The van der Waals surface area contributed by atoms with Crippen LogP contribution in [0, 0.1) is 5.41 Å². The zero-order valence-corrected chi connectivity index (χ0v) is 12.8. The number of anilines is 1. The first-order valence-corrected chi connectivity index (χ1v) is 7.10. The summed E-state index contributed by atoms with van der Waals surface area (Å²) in [6.07, 6.45) is 0. The SMILES string of the molecule is CN(CC(C)(C)C)c1cc(CCl)nc2ccccc12. The number of rotatable bonds is 3. The van der Waals surface area contributed by atoms with Gasteiger partial charge in [-0.1, -0.05) is 39.0 Å². The second kappa shape index (κ2) is 5.38. The molecular formula is C16H21ClN2. The molecule has 0 spiro atoms. The van der Waals surface area contributed by atoms with Gasteiger partial charge in [-0.2, -0.15) is 0 Å². The van der Waals surface area contributed by atoms with E-state index in [0.29, 0.717) is 5.88 Å². The van der Waals surface area contributed by atoms with Crippen LogP contribution in [0.1, 0.15) is 26.5 Å². The zero-order valence-electron chi connectivity index (χ0n) is 12.1. The number of alkyl halides is 1. The molecule has 19 heavy (non-hydrogen) atoms. The number of pyridine rings is 1. The molecular weight excluding hydrogens is 256 g/mol. The lowest BCUT2D eigenvalue weighted by atomic mass is 9.96. The monoisotopic (exact) mass is 276 g/mol. The number of halogens is 1. The topological polar surface area (TPSA) is 16.1 Å². The summed E-state index contributed by atoms with van der Waals surface area (Å²) in [6, 6.07) is 10.3. The van der Waals surface area contributed by atoms with Crippen molar-refractivity contribution in [3.05, 3.63) is 36.0 Å². The predicted octanol–water partition coefficient (Wildman–Crippen LogP) is 4.46. The summed E-state index contributed by atoms with van der Waals surface area (Å²) in [7, 11) is 2.13. The molecule has 1 aromatic heterocycles. The number of para-hydroxylation sites is 1. The fourth-order valence-electron chi connectivity index (χ4n) is 2.39. The van der Waals surface area contributed by atoms with Gasteiger partial charge < -0.3 is 4.90 Å². The average Bonchev–Trinajstić information content (AvgIpc) is 2.35. The summed E-state index contributed by atoms with van der Waals surface area (Å²) >= 11 is 5.96. The van der Waals surface area contributed by atoms with E-state index in [1.165, 1.54) is 11.1 Å². The number of benzene rings is 1.